The molecular formula is C9H12BrNO3. The van der Waals surface area contributed by atoms with Gasteiger partial charge in [-0.05, 0) is 35.0 Å². The Morgan fingerprint density at radius 3 is 3.00 bits per heavy atom. The number of hydrogen-bond donors (Lipinski definition) is 2. The van der Waals surface area contributed by atoms with E-state index in [9.17, 15) is 4.79 Å². The van der Waals surface area contributed by atoms with Crippen molar-refractivity contribution in [3.8, 4) is 0 Å². The first-order valence-corrected chi connectivity index (χ1v) is 5.14. The average molecular weight is 262 g/mol. The van der Waals surface area contributed by atoms with Gasteiger partial charge in [-0.2, -0.15) is 0 Å². The van der Waals surface area contributed by atoms with Gasteiger partial charge in [0.25, 0.3) is 0 Å². The largest absolute Gasteiger partial charge is 0.481 e. The summed E-state index contributed by atoms with van der Waals surface area (Å²) in [5.74, 6) is 0.0753. The number of nitrogens with one attached hydrogen (secondary N) is 1. The second-order valence-corrected chi connectivity index (χ2v) is 3.72. The van der Waals surface area contributed by atoms with Gasteiger partial charge in [0.1, 0.15) is 5.76 Å². The van der Waals surface area contributed by atoms with E-state index in [1.807, 2.05) is 6.07 Å². The molecule has 0 spiro atoms. The molecule has 0 aliphatic rings. The molecule has 0 bridgehead atoms. The van der Waals surface area contributed by atoms with E-state index in [4.69, 9.17) is 9.52 Å². The normalized spacial score (nSPS) is 10.4. The minimum atomic E-state index is -0.758. The molecule has 0 atom stereocenters. The summed E-state index contributed by atoms with van der Waals surface area (Å²) in [5, 5.41) is 11.5. The van der Waals surface area contributed by atoms with E-state index in [2.05, 4.69) is 21.2 Å². The van der Waals surface area contributed by atoms with Gasteiger partial charge in [0.15, 0.2) is 0 Å². The standard InChI is InChI=1S/C9H12BrNO3/c10-7-3-5-14-8(7)6-11-4-1-2-9(12)13/h3,5,11H,1-2,4,6H2,(H,12,13). The van der Waals surface area contributed by atoms with Crippen LogP contribution in [0, 0.1) is 0 Å². The van der Waals surface area contributed by atoms with E-state index >= 15 is 0 Å². The van der Waals surface area contributed by atoms with Gasteiger partial charge in [0.2, 0.25) is 0 Å². The lowest BCUT2D eigenvalue weighted by Gasteiger charge is -2.01. The summed E-state index contributed by atoms with van der Waals surface area (Å²) in [6.07, 6.45) is 2.44. The highest BCUT2D eigenvalue weighted by atomic mass is 79.9. The number of rotatable bonds is 6. The smallest absolute Gasteiger partial charge is 0.303 e. The lowest BCUT2D eigenvalue weighted by Crippen LogP contribution is -2.15. The molecule has 78 valence electrons. The van der Waals surface area contributed by atoms with Crippen LogP contribution in [-0.2, 0) is 11.3 Å². The number of carboxylic acid groups (broad SMARTS) is 1. The van der Waals surface area contributed by atoms with Crippen molar-refractivity contribution in [3.63, 3.8) is 0 Å². The molecule has 0 aliphatic carbocycles. The summed E-state index contributed by atoms with van der Waals surface area (Å²) < 4.78 is 6.10. The Hall–Kier alpha value is -0.810. The molecule has 0 aliphatic heterocycles. The molecular weight excluding hydrogens is 250 g/mol. The summed E-state index contributed by atoms with van der Waals surface area (Å²) in [6.45, 7) is 1.30. The SMILES string of the molecule is O=C(O)CCCNCc1occc1Br. The van der Waals surface area contributed by atoms with Crippen LogP contribution in [0.15, 0.2) is 21.2 Å². The molecule has 0 saturated heterocycles. The zero-order valence-electron chi connectivity index (χ0n) is 7.62. The van der Waals surface area contributed by atoms with Crippen molar-refractivity contribution in [1.29, 1.82) is 0 Å². The van der Waals surface area contributed by atoms with E-state index < -0.39 is 5.97 Å². The third-order valence-electron chi connectivity index (χ3n) is 1.72. The van der Waals surface area contributed by atoms with Gasteiger partial charge in [0, 0.05) is 6.42 Å². The second kappa shape index (κ2) is 5.82. The highest BCUT2D eigenvalue weighted by Gasteiger charge is 2.02. The molecule has 0 radical (unpaired) electrons. The van der Waals surface area contributed by atoms with Crippen molar-refractivity contribution in [2.75, 3.05) is 6.54 Å². The fourth-order valence-corrected chi connectivity index (χ4v) is 1.36. The van der Waals surface area contributed by atoms with Crippen LogP contribution in [0.4, 0.5) is 0 Å². The summed E-state index contributed by atoms with van der Waals surface area (Å²) in [6, 6.07) is 1.83. The van der Waals surface area contributed by atoms with Gasteiger partial charge in [-0.25, -0.2) is 0 Å². The van der Waals surface area contributed by atoms with Crippen LogP contribution in [0.2, 0.25) is 0 Å². The Morgan fingerprint density at radius 2 is 2.43 bits per heavy atom. The predicted octanol–water partition coefficient (Wildman–Crippen LogP) is 2.00. The van der Waals surface area contributed by atoms with Crippen molar-refractivity contribution in [2.45, 2.75) is 19.4 Å². The van der Waals surface area contributed by atoms with Crippen LogP contribution in [0.5, 0.6) is 0 Å². The van der Waals surface area contributed by atoms with E-state index in [1.54, 1.807) is 6.26 Å². The fraction of sp³-hybridized carbons (Fsp3) is 0.444. The Balaban J connectivity index is 2.10. The van der Waals surface area contributed by atoms with Crippen LogP contribution in [-0.4, -0.2) is 17.6 Å². The van der Waals surface area contributed by atoms with E-state index in [0.717, 1.165) is 10.2 Å². The maximum absolute atomic E-state index is 10.2. The zero-order valence-corrected chi connectivity index (χ0v) is 9.21. The molecule has 0 unspecified atom stereocenters. The Labute approximate surface area is 90.4 Å². The predicted molar refractivity (Wildman–Crippen MR) is 55.0 cm³/mol. The number of furan rings is 1. The first-order valence-electron chi connectivity index (χ1n) is 4.34. The molecule has 2 N–H and O–H groups in total. The molecule has 1 heterocycles. The molecule has 0 amide bonds. The van der Waals surface area contributed by atoms with Crippen molar-refractivity contribution in [1.82, 2.24) is 5.32 Å². The van der Waals surface area contributed by atoms with Crippen molar-refractivity contribution >= 4 is 21.9 Å². The lowest BCUT2D eigenvalue weighted by atomic mass is 10.3. The number of aliphatic carboxylic acids is 1. The molecule has 4 nitrogen and oxygen atoms in total. The summed E-state index contributed by atoms with van der Waals surface area (Å²) in [5.41, 5.74) is 0. The van der Waals surface area contributed by atoms with Crippen LogP contribution >= 0.6 is 15.9 Å². The van der Waals surface area contributed by atoms with Crippen LogP contribution in [0.25, 0.3) is 0 Å². The molecule has 0 fully saturated rings. The lowest BCUT2D eigenvalue weighted by molar-refractivity contribution is -0.137. The monoisotopic (exact) mass is 261 g/mol. The third kappa shape index (κ3) is 3.93. The number of hydrogen-bond acceptors (Lipinski definition) is 3. The molecule has 5 heteroatoms. The first kappa shape index (κ1) is 11.3. The van der Waals surface area contributed by atoms with Gasteiger partial charge in [-0.1, -0.05) is 0 Å². The number of halogens is 1. The molecule has 1 aromatic rings. The average Bonchev–Trinajstić information content (AvgIpc) is 2.51. The Morgan fingerprint density at radius 1 is 1.64 bits per heavy atom. The molecule has 1 rings (SSSR count). The summed E-state index contributed by atoms with van der Waals surface area (Å²) in [4.78, 5) is 10.2. The van der Waals surface area contributed by atoms with Crippen LogP contribution < -0.4 is 5.32 Å². The van der Waals surface area contributed by atoms with Gasteiger partial charge >= 0.3 is 5.97 Å². The van der Waals surface area contributed by atoms with Gasteiger partial charge in [0.05, 0.1) is 17.3 Å². The zero-order chi connectivity index (χ0) is 10.4. The quantitative estimate of drug-likeness (QED) is 0.769. The van der Waals surface area contributed by atoms with Crippen molar-refractivity contribution in [3.05, 3.63) is 22.6 Å². The highest BCUT2D eigenvalue weighted by molar-refractivity contribution is 9.10. The van der Waals surface area contributed by atoms with Crippen LogP contribution in [0.3, 0.4) is 0 Å². The van der Waals surface area contributed by atoms with Crippen molar-refractivity contribution in [2.24, 2.45) is 0 Å². The summed E-state index contributed by atoms with van der Waals surface area (Å²) >= 11 is 3.33. The highest BCUT2D eigenvalue weighted by Crippen LogP contribution is 2.16. The molecule has 14 heavy (non-hydrogen) atoms. The minimum absolute atomic E-state index is 0.201. The molecule has 0 aromatic carbocycles. The fourth-order valence-electron chi connectivity index (χ4n) is 1.02. The van der Waals surface area contributed by atoms with Gasteiger partial charge in [-0.3, -0.25) is 4.79 Å². The maximum atomic E-state index is 10.2. The van der Waals surface area contributed by atoms with Gasteiger partial charge in [-0.15, -0.1) is 0 Å². The van der Waals surface area contributed by atoms with Gasteiger partial charge < -0.3 is 14.8 Å². The van der Waals surface area contributed by atoms with E-state index in [-0.39, 0.29) is 6.42 Å². The maximum Gasteiger partial charge on any atom is 0.303 e. The Kier molecular flexibility index (Phi) is 4.69. The van der Waals surface area contributed by atoms with Crippen LogP contribution in [0.1, 0.15) is 18.6 Å². The second-order valence-electron chi connectivity index (χ2n) is 2.87. The Bertz CT molecular complexity index is 298. The van der Waals surface area contributed by atoms with Crippen molar-refractivity contribution < 1.29 is 14.3 Å². The number of carboxylic acids is 1. The van der Waals surface area contributed by atoms with E-state index in [1.165, 1.54) is 0 Å². The van der Waals surface area contributed by atoms with E-state index in [0.29, 0.717) is 19.5 Å². The number of carbonyl (C=O) groups is 1. The third-order valence-corrected chi connectivity index (χ3v) is 2.43. The summed E-state index contributed by atoms with van der Waals surface area (Å²) in [7, 11) is 0. The first-order chi connectivity index (χ1) is 6.70. The molecule has 1 aromatic heterocycles. The topological polar surface area (TPSA) is 62.5 Å². The minimum Gasteiger partial charge on any atom is -0.481 e. The molecule has 0 saturated carbocycles.